The summed E-state index contributed by atoms with van der Waals surface area (Å²) >= 11 is 5.97. The second-order valence-electron chi connectivity index (χ2n) is 7.06. The van der Waals surface area contributed by atoms with Crippen LogP contribution in [0.3, 0.4) is 0 Å². The SMILES string of the molecule is CN(c1ccccc1)c1ccc(C(=O)N2CCN(c3ccc(Cl)cc3)CC2)cn1. The Balaban J connectivity index is 1.38. The molecule has 0 spiro atoms. The predicted octanol–water partition coefficient (Wildman–Crippen LogP) is 4.47. The van der Waals surface area contributed by atoms with Crippen molar-refractivity contribution in [2.45, 2.75) is 0 Å². The number of carbonyl (C=O) groups is 1. The lowest BCUT2D eigenvalue weighted by atomic mass is 10.2. The van der Waals surface area contributed by atoms with Gasteiger partial charge in [-0.05, 0) is 48.5 Å². The lowest BCUT2D eigenvalue weighted by Crippen LogP contribution is -2.48. The number of piperazine rings is 1. The van der Waals surface area contributed by atoms with Gasteiger partial charge in [-0.25, -0.2) is 4.98 Å². The maximum atomic E-state index is 12.9. The molecule has 148 valence electrons. The van der Waals surface area contributed by atoms with Crippen molar-refractivity contribution in [2.24, 2.45) is 0 Å². The van der Waals surface area contributed by atoms with E-state index in [4.69, 9.17) is 11.6 Å². The third kappa shape index (κ3) is 4.35. The molecule has 1 aliphatic heterocycles. The van der Waals surface area contributed by atoms with Crippen molar-refractivity contribution in [1.82, 2.24) is 9.88 Å². The summed E-state index contributed by atoms with van der Waals surface area (Å²) in [6, 6.07) is 21.6. The Morgan fingerprint density at radius 1 is 0.931 bits per heavy atom. The Labute approximate surface area is 176 Å². The lowest BCUT2D eigenvalue weighted by molar-refractivity contribution is 0.0746. The summed E-state index contributed by atoms with van der Waals surface area (Å²) in [6.45, 7) is 2.98. The molecule has 0 bridgehead atoms. The molecule has 1 aromatic heterocycles. The second-order valence-corrected chi connectivity index (χ2v) is 7.49. The summed E-state index contributed by atoms with van der Waals surface area (Å²) in [6.07, 6.45) is 1.67. The van der Waals surface area contributed by atoms with Gasteiger partial charge < -0.3 is 14.7 Å². The van der Waals surface area contributed by atoms with E-state index >= 15 is 0 Å². The minimum absolute atomic E-state index is 0.0298. The van der Waals surface area contributed by atoms with E-state index in [0.717, 1.165) is 35.3 Å². The number of rotatable bonds is 4. The second kappa shape index (κ2) is 8.53. The fourth-order valence-corrected chi connectivity index (χ4v) is 3.62. The van der Waals surface area contributed by atoms with Gasteiger partial charge in [0.15, 0.2) is 0 Å². The van der Waals surface area contributed by atoms with Crippen LogP contribution in [0.25, 0.3) is 0 Å². The van der Waals surface area contributed by atoms with Crippen LogP contribution in [0.2, 0.25) is 5.02 Å². The highest BCUT2D eigenvalue weighted by Gasteiger charge is 2.22. The lowest BCUT2D eigenvalue weighted by Gasteiger charge is -2.36. The fraction of sp³-hybridized carbons (Fsp3) is 0.217. The molecule has 0 saturated carbocycles. The molecule has 4 rings (SSSR count). The summed E-state index contributed by atoms with van der Waals surface area (Å²) in [5.41, 5.74) is 2.81. The first-order valence-electron chi connectivity index (χ1n) is 9.66. The smallest absolute Gasteiger partial charge is 0.255 e. The highest BCUT2D eigenvalue weighted by atomic mass is 35.5. The summed E-state index contributed by atoms with van der Waals surface area (Å²) in [5, 5.41) is 0.733. The number of aromatic nitrogens is 1. The molecule has 1 aliphatic rings. The molecule has 2 heterocycles. The molecule has 3 aromatic rings. The molecular formula is C23H23ClN4O. The summed E-state index contributed by atoms with van der Waals surface area (Å²) in [5.74, 6) is 0.836. The van der Waals surface area contributed by atoms with Crippen LogP contribution in [0.15, 0.2) is 72.9 Å². The van der Waals surface area contributed by atoms with Crippen LogP contribution < -0.4 is 9.80 Å². The zero-order chi connectivity index (χ0) is 20.2. The van der Waals surface area contributed by atoms with E-state index in [2.05, 4.69) is 9.88 Å². The number of para-hydroxylation sites is 1. The molecule has 0 aliphatic carbocycles. The molecule has 1 fully saturated rings. The van der Waals surface area contributed by atoms with Crippen molar-refractivity contribution in [1.29, 1.82) is 0 Å². The topological polar surface area (TPSA) is 39.7 Å². The van der Waals surface area contributed by atoms with E-state index in [1.165, 1.54) is 0 Å². The quantitative estimate of drug-likeness (QED) is 0.641. The standard InChI is InChI=1S/C23H23ClN4O/c1-26(20-5-3-2-4-6-20)22-12-7-18(17-25-22)23(29)28-15-13-27(14-16-28)21-10-8-19(24)9-11-21/h2-12,17H,13-16H2,1H3. The molecule has 2 aromatic carbocycles. The summed E-state index contributed by atoms with van der Waals surface area (Å²) in [4.78, 5) is 23.5. The maximum Gasteiger partial charge on any atom is 0.255 e. The van der Waals surface area contributed by atoms with Gasteiger partial charge in [0.05, 0.1) is 5.56 Å². The number of benzene rings is 2. The third-order valence-electron chi connectivity index (χ3n) is 5.24. The molecule has 0 atom stereocenters. The minimum atomic E-state index is 0.0298. The molecular weight excluding hydrogens is 384 g/mol. The molecule has 29 heavy (non-hydrogen) atoms. The number of pyridine rings is 1. The van der Waals surface area contributed by atoms with Crippen molar-refractivity contribution in [2.75, 3.05) is 43.0 Å². The van der Waals surface area contributed by atoms with Crippen LogP contribution in [0.4, 0.5) is 17.2 Å². The van der Waals surface area contributed by atoms with Gasteiger partial charge in [0.1, 0.15) is 5.82 Å². The Morgan fingerprint density at radius 3 is 2.24 bits per heavy atom. The molecule has 5 nitrogen and oxygen atoms in total. The Kier molecular flexibility index (Phi) is 5.67. The van der Waals surface area contributed by atoms with E-state index in [-0.39, 0.29) is 5.91 Å². The van der Waals surface area contributed by atoms with E-state index in [1.807, 2.05) is 83.6 Å². The van der Waals surface area contributed by atoms with Gasteiger partial charge in [-0.1, -0.05) is 29.8 Å². The van der Waals surface area contributed by atoms with Crippen molar-refractivity contribution in [3.63, 3.8) is 0 Å². The molecule has 0 N–H and O–H groups in total. The maximum absolute atomic E-state index is 12.9. The number of hydrogen-bond donors (Lipinski definition) is 0. The largest absolute Gasteiger partial charge is 0.368 e. The highest BCUT2D eigenvalue weighted by Crippen LogP contribution is 2.22. The summed E-state index contributed by atoms with van der Waals surface area (Å²) < 4.78 is 0. The molecule has 1 amide bonds. The van der Waals surface area contributed by atoms with Crippen LogP contribution in [0, 0.1) is 0 Å². The number of halogens is 1. The molecule has 0 unspecified atom stereocenters. The van der Waals surface area contributed by atoms with Crippen molar-refractivity contribution < 1.29 is 4.79 Å². The zero-order valence-corrected chi connectivity index (χ0v) is 17.1. The van der Waals surface area contributed by atoms with Crippen molar-refractivity contribution >= 4 is 34.7 Å². The van der Waals surface area contributed by atoms with Crippen LogP contribution >= 0.6 is 11.6 Å². The predicted molar refractivity (Wildman–Crippen MR) is 118 cm³/mol. The first kappa shape index (κ1) is 19.3. The van der Waals surface area contributed by atoms with Crippen molar-refractivity contribution in [3.8, 4) is 0 Å². The van der Waals surface area contributed by atoms with E-state index in [9.17, 15) is 4.79 Å². The first-order valence-corrected chi connectivity index (χ1v) is 10.0. The number of nitrogens with zero attached hydrogens (tertiary/aromatic N) is 4. The van der Waals surface area contributed by atoms with E-state index in [0.29, 0.717) is 18.7 Å². The highest BCUT2D eigenvalue weighted by molar-refractivity contribution is 6.30. The average molecular weight is 407 g/mol. The van der Waals surface area contributed by atoms with Gasteiger partial charge in [0.25, 0.3) is 5.91 Å². The number of hydrogen-bond acceptors (Lipinski definition) is 4. The third-order valence-corrected chi connectivity index (χ3v) is 5.49. The van der Waals surface area contributed by atoms with Crippen LogP contribution in [0.5, 0.6) is 0 Å². The van der Waals surface area contributed by atoms with Gasteiger partial charge >= 0.3 is 0 Å². The minimum Gasteiger partial charge on any atom is -0.368 e. The Morgan fingerprint density at radius 2 is 1.62 bits per heavy atom. The van der Waals surface area contributed by atoms with Gasteiger partial charge in [0, 0.05) is 55.8 Å². The molecule has 0 radical (unpaired) electrons. The monoisotopic (exact) mass is 406 g/mol. The Hall–Kier alpha value is -3.05. The number of carbonyl (C=O) groups excluding carboxylic acids is 1. The van der Waals surface area contributed by atoms with Crippen LogP contribution in [-0.2, 0) is 0 Å². The average Bonchev–Trinajstić information content (AvgIpc) is 2.79. The van der Waals surface area contributed by atoms with Gasteiger partial charge in [-0.15, -0.1) is 0 Å². The normalized spacial score (nSPS) is 14.0. The molecule has 1 saturated heterocycles. The van der Waals surface area contributed by atoms with Gasteiger partial charge in [-0.2, -0.15) is 0 Å². The van der Waals surface area contributed by atoms with Crippen LogP contribution in [0.1, 0.15) is 10.4 Å². The number of anilines is 3. The van der Waals surface area contributed by atoms with Crippen molar-refractivity contribution in [3.05, 3.63) is 83.5 Å². The summed E-state index contributed by atoms with van der Waals surface area (Å²) in [7, 11) is 1.97. The van der Waals surface area contributed by atoms with Gasteiger partial charge in [0.2, 0.25) is 0 Å². The van der Waals surface area contributed by atoms with E-state index < -0.39 is 0 Å². The first-order chi connectivity index (χ1) is 14.1. The van der Waals surface area contributed by atoms with E-state index in [1.54, 1.807) is 6.20 Å². The molecule has 6 heteroatoms. The number of amides is 1. The van der Waals surface area contributed by atoms with Gasteiger partial charge in [-0.3, -0.25) is 4.79 Å². The Bertz CT molecular complexity index is 952. The zero-order valence-electron chi connectivity index (χ0n) is 16.3. The fourth-order valence-electron chi connectivity index (χ4n) is 3.50. The van der Waals surface area contributed by atoms with Crippen LogP contribution in [-0.4, -0.2) is 49.0 Å².